The number of rotatable bonds is 1. The van der Waals surface area contributed by atoms with Crippen molar-refractivity contribution in [3.05, 3.63) is 0 Å². The van der Waals surface area contributed by atoms with Gasteiger partial charge in [0.1, 0.15) is 6.04 Å². The minimum Gasteiger partial charge on any atom is -0.336 e. The quantitative estimate of drug-likeness (QED) is 0.574. The predicted octanol–water partition coefficient (Wildman–Crippen LogP) is 0.344. The molecule has 0 radical (unpaired) electrons. The summed E-state index contributed by atoms with van der Waals surface area (Å²) in [5.74, 6) is 0.843. The lowest BCUT2D eigenvalue weighted by Gasteiger charge is -2.42. The van der Waals surface area contributed by atoms with Gasteiger partial charge in [0, 0.05) is 12.6 Å². The predicted molar refractivity (Wildman–Crippen MR) is 46.5 cm³/mol. The molecular weight excluding hydrogens is 152 g/mol. The van der Waals surface area contributed by atoms with Gasteiger partial charge in [0.05, 0.1) is 0 Å². The Morgan fingerprint density at radius 3 is 2.67 bits per heavy atom. The molecule has 1 saturated heterocycles. The van der Waals surface area contributed by atoms with E-state index in [0.29, 0.717) is 12.0 Å². The van der Waals surface area contributed by atoms with Crippen LogP contribution in [0.2, 0.25) is 0 Å². The zero-order valence-electron chi connectivity index (χ0n) is 7.49. The largest absolute Gasteiger partial charge is 0.336 e. The summed E-state index contributed by atoms with van der Waals surface area (Å²) in [6.45, 7) is 3.02. The monoisotopic (exact) mass is 168 g/mol. The van der Waals surface area contributed by atoms with Crippen molar-refractivity contribution in [1.29, 1.82) is 0 Å². The number of nitrogens with two attached hydrogens (primary N) is 1. The van der Waals surface area contributed by atoms with E-state index in [1.54, 1.807) is 0 Å². The fourth-order valence-corrected chi connectivity index (χ4v) is 2.37. The first kappa shape index (κ1) is 8.05. The number of β-lactam (4-membered cyclic amide) rings is 1. The SMILES string of the molecule is CC1CCCC1N1CC(N)C1=O. The average molecular weight is 168 g/mol. The van der Waals surface area contributed by atoms with Crippen molar-refractivity contribution in [1.82, 2.24) is 4.90 Å². The number of carbonyl (C=O) groups is 1. The topological polar surface area (TPSA) is 46.3 Å². The van der Waals surface area contributed by atoms with Crippen LogP contribution in [-0.4, -0.2) is 29.4 Å². The maximum Gasteiger partial charge on any atom is 0.241 e. The summed E-state index contributed by atoms with van der Waals surface area (Å²) in [5.41, 5.74) is 5.53. The molecule has 0 spiro atoms. The van der Waals surface area contributed by atoms with Crippen LogP contribution in [0.25, 0.3) is 0 Å². The van der Waals surface area contributed by atoms with E-state index in [1.165, 1.54) is 19.3 Å². The van der Waals surface area contributed by atoms with Crippen LogP contribution in [0.5, 0.6) is 0 Å². The van der Waals surface area contributed by atoms with Crippen molar-refractivity contribution in [2.24, 2.45) is 11.7 Å². The lowest BCUT2D eigenvalue weighted by Crippen LogP contribution is -2.64. The third-order valence-electron chi connectivity index (χ3n) is 3.21. The molecule has 3 unspecified atom stereocenters. The van der Waals surface area contributed by atoms with Crippen molar-refractivity contribution >= 4 is 5.91 Å². The first-order chi connectivity index (χ1) is 5.70. The van der Waals surface area contributed by atoms with E-state index < -0.39 is 0 Å². The Morgan fingerprint density at radius 2 is 2.25 bits per heavy atom. The minimum atomic E-state index is -0.196. The molecule has 3 nitrogen and oxygen atoms in total. The first-order valence-electron chi connectivity index (χ1n) is 4.76. The highest BCUT2D eigenvalue weighted by molar-refractivity contribution is 5.88. The second-order valence-corrected chi connectivity index (χ2v) is 4.07. The summed E-state index contributed by atoms with van der Waals surface area (Å²) in [7, 11) is 0. The summed E-state index contributed by atoms with van der Waals surface area (Å²) < 4.78 is 0. The number of nitrogens with zero attached hydrogens (tertiary/aromatic N) is 1. The van der Waals surface area contributed by atoms with Gasteiger partial charge < -0.3 is 10.6 Å². The second-order valence-electron chi connectivity index (χ2n) is 4.07. The van der Waals surface area contributed by atoms with Crippen molar-refractivity contribution in [3.63, 3.8) is 0 Å². The Hall–Kier alpha value is -0.570. The molecule has 2 N–H and O–H groups in total. The second kappa shape index (κ2) is 2.73. The summed E-state index contributed by atoms with van der Waals surface area (Å²) in [4.78, 5) is 13.3. The molecule has 0 bridgehead atoms. The van der Waals surface area contributed by atoms with Crippen LogP contribution in [0.4, 0.5) is 0 Å². The van der Waals surface area contributed by atoms with E-state index in [0.717, 1.165) is 6.54 Å². The standard InChI is InChI=1S/C9H16N2O/c1-6-3-2-4-8(6)11-5-7(10)9(11)12/h6-8H,2-5,10H2,1H3. The number of carbonyl (C=O) groups excluding carboxylic acids is 1. The Bertz CT molecular complexity index is 205. The molecule has 2 aliphatic rings. The fourth-order valence-electron chi connectivity index (χ4n) is 2.37. The molecule has 1 heterocycles. The van der Waals surface area contributed by atoms with Gasteiger partial charge in [0.25, 0.3) is 0 Å². The normalized spacial score (nSPS) is 41.7. The van der Waals surface area contributed by atoms with Gasteiger partial charge in [0.2, 0.25) is 5.91 Å². The molecule has 1 aliphatic heterocycles. The van der Waals surface area contributed by atoms with Crippen molar-refractivity contribution < 1.29 is 4.79 Å². The molecule has 2 rings (SSSR count). The third-order valence-corrected chi connectivity index (χ3v) is 3.21. The fraction of sp³-hybridized carbons (Fsp3) is 0.889. The van der Waals surface area contributed by atoms with Gasteiger partial charge in [-0.25, -0.2) is 0 Å². The van der Waals surface area contributed by atoms with Gasteiger partial charge >= 0.3 is 0 Å². The highest BCUT2D eigenvalue weighted by Gasteiger charge is 2.41. The molecule has 0 aromatic rings. The molecule has 12 heavy (non-hydrogen) atoms. The summed E-state index contributed by atoms with van der Waals surface area (Å²) >= 11 is 0. The number of hydrogen-bond acceptors (Lipinski definition) is 2. The number of amides is 1. The lowest BCUT2D eigenvalue weighted by atomic mass is 9.98. The van der Waals surface area contributed by atoms with E-state index in [4.69, 9.17) is 5.73 Å². The lowest BCUT2D eigenvalue weighted by molar-refractivity contribution is -0.146. The van der Waals surface area contributed by atoms with E-state index in [2.05, 4.69) is 6.92 Å². The summed E-state index contributed by atoms with van der Waals surface area (Å²) in [5, 5.41) is 0. The summed E-state index contributed by atoms with van der Waals surface area (Å²) in [6.07, 6.45) is 3.72. The van der Waals surface area contributed by atoms with Gasteiger partial charge in [-0.1, -0.05) is 13.3 Å². The van der Waals surface area contributed by atoms with Crippen LogP contribution in [0.15, 0.2) is 0 Å². The van der Waals surface area contributed by atoms with Gasteiger partial charge in [-0.3, -0.25) is 4.79 Å². The van der Waals surface area contributed by atoms with Crippen molar-refractivity contribution in [2.45, 2.75) is 38.3 Å². The molecule has 1 amide bonds. The minimum absolute atomic E-state index is 0.161. The number of likely N-dealkylation sites (tertiary alicyclic amines) is 1. The van der Waals surface area contributed by atoms with E-state index in [1.807, 2.05) is 4.90 Å². The van der Waals surface area contributed by atoms with E-state index in [9.17, 15) is 4.79 Å². The molecule has 3 atom stereocenters. The van der Waals surface area contributed by atoms with Crippen LogP contribution >= 0.6 is 0 Å². The third kappa shape index (κ3) is 1.04. The maximum absolute atomic E-state index is 11.3. The molecule has 68 valence electrons. The Kier molecular flexibility index (Phi) is 1.83. The smallest absolute Gasteiger partial charge is 0.241 e. The molecule has 1 aliphatic carbocycles. The molecule has 1 saturated carbocycles. The van der Waals surface area contributed by atoms with Crippen LogP contribution < -0.4 is 5.73 Å². The highest BCUT2D eigenvalue weighted by atomic mass is 16.2. The highest BCUT2D eigenvalue weighted by Crippen LogP contribution is 2.32. The number of hydrogen-bond donors (Lipinski definition) is 1. The maximum atomic E-state index is 11.3. The molecular formula is C9H16N2O. The zero-order valence-corrected chi connectivity index (χ0v) is 7.49. The Labute approximate surface area is 72.9 Å². The van der Waals surface area contributed by atoms with Crippen LogP contribution in [0.1, 0.15) is 26.2 Å². The van der Waals surface area contributed by atoms with Crippen molar-refractivity contribution in [2.75, 3.05) is 6.54 Å². The van der Waals surface area contributed by atoms with Crippen molar-refractivity contribution in [3.8, 4) is 0 Å². The Morgan fingerprint density at radius 1 is 1.50 bits per heavy atom. The van der Waals surface area contributed by atoms with Gasteiger partial charge in [-0.05, 0) is 18.8 Å². The van der Waals surface area contributed by atoms with Gasteiger partial charge in [-0.15, -0.1) is 0 Å². The Balaban J connectivity index is 1.97. The average Bonchev–Trinajstić information content (AvgIpc) is 2.46. The summed E-state index contributed by atoms with van der Waals surface area (Å²) in [6, 6.07) is 0.301. The van der Waals surface area contributed by atoms with Crippen LogP contribution in [0, 0.1) is 5.92 Å². The van der Waals surface area contributed by atoms with Gasteiger partial charge in [-0.2, -0.15) is 0 Å². The van der Waals surface area contributed by atoms with Crippen LogP contribution in [-0.2, 0) is 4.79 Å². The zero-order chi connectivity index (χ0) is 8.72. The van der Waals surface area contributed by atoms with E-state index >= 15 is 0 Å². The van der Waals surface area contributed by atoms with Crippen LogP contribution in [0.3, 0.4) is 0 Å². The molecule has 0 aromatic carbocycles. The molecule has 2 fully saturated rings. The molecule has 0 aromatic heterocycles. The van der Waals surface area contributed by atoms with E-state index in [-0.39, 0.29) is 11.9 Å². The first-order valence-corrected chi connectivity index (χ1v) is 4.76. The molecule has 3 heteroatoms. The van der Waals surface area contributed by atoms with Gasteiger partial charge in [0.15, 0.2) is 0 Å².